The summed E-state index contributed by atoms with van der Waals surface area (Å²) in [6.45, 7) is 4.40. The van der Waals surface area contributed by atoms with E-state index in [2.05, 4.69) is 5.32 Å². The molecule has 0 heterocycles. The molecule has 20 heavy (non-hydrogen) atoms. The summed E-state index contributed by atoms with van der Waals surface area (Å²) in [7, 11) is 3.32. The highest BCUT2D eigenvalue weighted by molar-refractivity contribution is 5.39. The summed E-state index contributed by atoms with van der Waals surface area (Å²) in [6.07, 6.45) is 0.984. The molecule has 0 spiro atoms. The molecule has 1 aromatic rings. The standard InChI is InChI=1S/C15H25NO4/c1-17-12-13-19-10-5-8-16-9-11-20-15-7-4-3-6-14(15)18-2/h3-4,6-7,16H,5,8-13H2,1-2H3. The van der Waals surface area contributed by atoms with Crippen LogP contribution in [0.3, 0.4) is 0 Å². The number of ether oxygens (including phenoxy) is 4. The van der Waals surface area contributed by atoms with Crippen molar-refractivity contribution < 1.29 is 18.9 Å². The molecule has 0 saturated carbocycles. The molecule has 0 aliphatic heterocycles. The lowest BCUT2D eigenvalue weighted by Crippen LogP contribution is -2.23. The van der Waals surface area contributed by atoms with Gasteiger partial charge in [0.05, 0.1) is 20.3 Å². The predicted octanol–water partition coefficient (Wildman–Crippen LogP) is 1.72. The smallest absolute Gasteiger partial charge is 0.161 e. The fourth-order valence-corrected chi connectivity index (χ4v) is 1.64. The topological polar surface area (TPSA) is 49.0 Å². The second kappa shape index (κ2) is 11.5. The van der Waals surface area contributed by atoms with E-state index < -0.39 is 0 Å². The van der Waals surface area contributed by atoms with Crippen LogP contribution in [0.25, 0.3) is 0 Å². The Morgan fingerprint density at radius 2 is 1.70 bits per heavy atom. The van der Waals surface area contributed by atoms with Gasteiger partial charge in [-0.05, 0) is 25.1 Å². The summed E-state index contributed by atoms with van der Waals surface area (Å²) in [4.78, 5) is 0. The number of rotatable bonds is 12. The first-order valence-corrected chi connectivity index (χ1v) is 6.91. The molecule has 1 rings (SSSR count). The Morgan fingerprint density at radius 1 is 0.900 bits per heavy atom. The molecule has 1 N–H and O–H groups in total. The van der Waals surface area contributed by atoms with Crippen LogP contribution >= 0.6 is 0 Å². The summed E-state index contributed by atoms with van der Waals surface area (Å²) in [6, 6.07) is 7.65. The van der Waals surface area contributed by atoms with Crippen LogP contribution in [0, 0.1) is 0 Å². The zero-order valence-corrected chi connectivity index (χ0v) is 12.4. The average molecular weight is 283 g/mol. The van der Waals surface area contributed by atoms with Crippen molar-refractivity contribution in [1.82, 2.24) is 5.32 Å². The first-order chi connectivity index (χ1) is 9.88. The summed E-state index contributed by atoms with van der Waals surface area (Å²) in [5.41, 5.74) is 0. The second-order valence-corrected chi connectivity index (χ2v) is 4.21. The van der Waals surface area contributed by atoms with Crippen LogP contribution < -0.4 is 14.8 Å². The zero-order valence-electron chi connectivity index (χ0n) is 12.4. The van der Waals surface area contributed by atoms with E-state index in [1.54, 1.807) is 14.2 Å². The van der Waals surface area contributed by atoms with Crippen molar-refractivity contribution in [3.63, 3.8) is 0 Å². The lowest BCUT2D eigenvalue weighted by molar-refractivity contribution is 0.0694. The van der Waals surface area contributed by atoms with E-state index in [9.17, 15) is 0 Å². The van der Waals surface area contributed by atoms with Gasteiger partial charge in [-0.15, -0.1) is 0 Å². The van der Waals surface area contributed by atoms with E-state index in [0.29, 0.717) is 19.8 Å². The Hall–Kier alpha value is -1.30. The van der Waals surface area contributed by atoms with Gasteiger partial charge in [-0.1, -0.05) is 12.1 Å². The van der Waals surface area contributed by atoms with Crippen molar-refractivity contribution in [3.05, 3.63) is 24.3 Å². The van der Waals surface area contributed by atoms with Crippen LogP contribution in [0.1, 0.15) is 6.42 Å². The van der Waals surface area contributed by atoms with Gasteiger partial charge < -0.3 is 24.3 Å². The Morgan fingerprint density at radius 3 is 2.45 bits per heavy atom. The van der Waals surface area contributed by atoms with Gasteiger partial charge in [-0.25, -0.2) is 0 Å². The Balaban J connectivity index is 1.97. The van der Waals surface area contributed by atoms with Crippen LogP contribution in [-0.2, 0) is 9.47 Å². The van der Waals surface area contributed by atoms with Crippen molar-refractivity contribution in [2.24, 2.45) is 0 Å². The molecule has 0 unspecified atom stereocenters. The maximum atomic E-state index is 5.65. The number of nitrogens with one attached hydrogen (secondary N) is 1. The van der Waals surface area contributed by atoms with Crippen molar-refractivity contribution in [1.29, 1.82) is 0 Å². The van der Waals surface area contributed by atoms with Gasteiger partial charge in [-0.2, -0.15) is 0 Å². The lowest BCUT2D eigenvalue weighted by atomic mass is 10.3. The van der Waals surface area contributed by atoms with E-state index in [1.165, 1.54) is 0 Å². The Kier molecular flexibility index (Phi) is 9.65. The normalized spacial score (nSPS) is 10.5. The van der Waals surface area contributed by atoms with Crippen LogP contribution in [0.4, 0.5) is 0 Å². The van der Waals surface area contributed by atoms with Crippen LogP contribution in [-0.4, -0.2) is 53.7 Å². The number of para-hydroxylation sites is 2. The molecule has 5 heteroatoms. The average Bonchev–Trinajstić information content (AvgIpc) is 2.49. The highest BCUT2D eigenvalue weighted by atomic mass is 16.5. The molecule has 5 nitrogen and oxygen atoms in total. The third kappa shape index (κ3) is 7.33. The summed E-state index contributed by atoms with van der Waals surface area (Å²) in [5.74, 6) is 1.54. The predicted molar refractivity (Wildman–Crippen MR) is 78.7 cm³/mol. The maximum Gasteiger partial charge on any atom is 0.161 e. The van der Waals surface area contributed by atoms with Gasteiger partial charge in [0.2, 0.25) is 0 Å². The molecule has 0 atom stereocenters. The molecule has 0 aromatic heterocycles. The molecular formula is C15H25NO4. The number of hydrogen-bond donors (Lipinski definition) is 1. The fraction of sp³-hybridized carbons (Fsp3) is 0.600. The van der Waals surface area contributed by atoms with E-state index in [1.807, 2.05) is 24.3 Å². The molecule has 0 aliphatic rings. The molecule has 0 amide bonds. The minimum absolute atomic E-state index is 0.616. The van der Waals surface area contributed by atoms with Gasteiger partial charge in [0.25, 0.3) is 0 Å². The van der Waals surface area contributed by atoms with Crippen LogP contribution in [0.15, 0.2) is 24.3 Å². The first kappa shape index (κ1) is 16.8. The number of methoxy groups -OCH3 is 2. The van der Waals surface area contributed by atoms with Gasteiger partial charge in [-0.3, -0.25) is 0 Å². The highest BCUT2D eigenvalue weighted by Gasteiger charge is 2.01. The van der Waals surface area contributed by atoms with E-state index in [4.69, 9.17) is 18.9 Å². The molecule has 1 aromatic carbocycles. The molecule has 0 saturated heterocycles. The SMILES string of the molecule is COCCOCCCNCCOc1ccccc1OC. The zero-order chi connectivity index (χ0) is 14.5. The monoisotopic (exact) mass is 283 g/mol. The van der Waals surface area contributed by atoms with Gasteiger partial charge in [0, 0.05) is 20.3 Å². The molecule has 0 bridgehead atoms. The van der Waals surface area contributed by atoms with E-state index in [0.717, 1.165) is 37.6 Å². The summed E-state index contributed by atoms with van der Waals surface area (Å²) in [5, 5.41) is 3.31. The maximum absolute atomic E-state index is 5.65. The van der Waals surface area contributed by atoms with Crippen LogP contribution in [0.5, 0.6) is 11.5 Å². The summed E-state index contributed by atoms with van der Waals surface area (Å²) < 4.78 is 21.1. The largest absolute Gasteiger partial charge is 0.493 e. The van der Waals surface area contributed by atoms with Crippen molar-refractivity contribution in [3.8, 4) is 11.5 Å². The highest BCUT2D eigenvalue weighted by Crippen LogP contribution is 2.25. The molecule has 0 aliphatic carbocycles. The van der Waals surface area contributed by atoms with Crippen LogP contribution in [0.2, 0.25) is 0 Å². The molecular weight excluding hydrogens is 258 g/mol. The van der Waals surface area contributed by atoms with Crippen molar-refractivity contribution >= 4 is 0 Å². The lowest BCUT2D eigenvalue weighted by Gasteiger charge is -2.10. The van der Waals surface area contributed by atoms with E-state index >= 15 is 0 Å². The first-order valence-electron chi connectivity index (χ1n) is 6.91. The van der Waals surface area contributed by atoms with Gasteiger partial charge in [0.15, 0.2) is 11.5 Å². The van der Waals surface area contributed by atoms with Gasteiger partial charge >= 0.3 is 0 Å². The molecule has 0 radical (unpaired) electrons. The quantitative estimate of drug-likeness (QED) is 0.592. The van der Waals surface area contributed by atoms with E-state index in [-0.39, 0.29) is 0 Å². The number of hydrogen-bond acceptors (Lipinski definition) is 5. The Bertz CT molecular complexity index is 346. The third-order valence-corrected chi connectivity index (χ3v) is 2.68. The Labute approximate surface area is 121 Å². The molecule has 0 fully saturated rings. The molecule has 114 valence electrons. The third-order valence-electron chi connectivity index (χ3n) is 2.68. The minimum Gasteiger partial charge on any atom is -0.493 e. The van der Waals surface area contributed by atoms with Crippen molar-refractivity contribution in [2.75, 3.05) is 53.7 Å². The van der Waals surface area contributed by atoms with Gasteiger partial charge in [0.1, 0.15) is 6.61 Å². The van der Waals surface area contributed by atoms with Crippen molar-refractivity contribution in [2.45, 2.75) is 6.42 Å². The number of benzene rings is 1. The second-order valence-electron chi connectivity index (χ2n) is 4.21. The minimum atomic E-state index is 0.616. The fourth-order valence-electron chi connectivity index (χ4n) is 1.64. The summed E-state index contributed by atoms with van der Waals surface area (Å²) >= 11 is 0.